The van der Waals surface area contributed by atoms with Crippen molar-refractivity contribution < 1.29 is 9.53 Å². The zero-order chi connectivity index (χ0) is 10.3. The lowest BCUT2D eigenvalue weighted by molar-refractivity contribution is -0.154. The van der Waals surface area contributed by atoms with E-state index in [9.17, 15) is 4.79 Å². The molecule has 0 spiro atoms. The van der Waals surface area contributed by atoms with Crippen molar-refractivity contribution in [3.63, 3.8) is 0 Å². The number of rotatable bonds is 6. The van der Waals surface area contributed by atoms with Crippen LogP contribution in [0.15, 0.2) is 0 Å². The monoisotopic (exact) mass is 186 g/mol. The van der Waals surface area contributed by atoms with Crippen molar-refractivity contribution in [2.75, 3.05) is 0 Å². The maximum atomic E-state index is 11.4. The second kappa shape index (κ2) is 6.93. The number of ether oxygens (including phenoxy) is 1. The van der Waals surface area contributed by atoms with Crippen molar-refractivity contribution in [3.8, 4) is 0 Å². The fourth-order valence-electron chi connectivity index (χ4n) is 1.29. The Morgan fingerprint density at radius 2 is 1.77 bits per heavy atom. The van der Waals surface area contributed by atoms with E-state index >= 15 is 0 Å². The van der Waals surface area contributed by atoms with Crippen LogP contribution in [-0.2, 0) is 9.53 Å². The summed E-state index contributed by atoms with van der Waals surface area (Å²) in [4.78, 5) is 11.4. The zero-order valence-electron chi connectivity index (χ0n) is 9.30. The predicted molar refractivity (Wildman–Crippen MR) is 54.5 cm³/mol. The van der Waals surface area contributed by atoms with Gasteiger partial charge in [0.1, 0.15) is 6.10 Å². The SMILES string of the molecule is CCC[C@H](C)C(=O)OC(CC)CC. The van der Waals surface area contributed by atoms with Crippen LogP contribution in [0.1, 0.15) is 53.4 Å². The molecule has 2 nitrogen and oxygen atoms in total. The first-order valence-corrected chi connectivity index (χ1v) is 5.36. The highest BCUT2D eigenvalue weighted by Crippen LogP contribution is 2.11. The molecule has 0 radical (unpaired) electrons. The highest BCUT2D eigenvalue weighted by molar-refractivity contribution is 5.72. The second-order valence-electron chi connectivity index (χ2n) is 3.57. The van der Waals surface area contributed by atoms with Crippen LogP contribution < -0.4 is 0 Å². The number of esters is 1. The van der Waals surface area contributed by atoms with Gasteiger partial charge in [0, 0.05) is 0 Å². The average Bonchev–Trinajstić information content (AvgIpc) is 2.14. The molecular formula is C11H22O2. The topological polar surface area (TPSA) is 26.3 Å². The molecule has 2 heteroatoms. The van der Waals surface area contributed by atoms with E-state index in [4.69, 9.17) is 4.74 Å². The molecule has 0 unspecified atom stereocenters. The Kier molecular flexibility index (Phi) is 6.65. The largest absolute Gasteiger partial charge is 0.462 e. The number of carbonyl (C=O) groups excluding carboxylic acids is 1. The van der Waals surface area contributed by atoms with Crippen LogP contribution >= 0.6 is 0 Å². The molecule has 0 heterocycles. The van der Waals surface area contributed by atoms with Crippen LogP contribution in [0.5, 0.6) is 0 Å². The molecule has 0 amide bonds. The van der Waals surface area contributed by atoms with Gasteiger partial charge in [-0.05, 0) is 19.3 Å². The van der Waals surface area contributed by atoms with E-state index in [0.29, 0.717) is 0 Å². The molecule has 0 saturated heterocycles. The van der Waals surface area contributed by atoms with Gasteiger partial charge in [-0.25, -0.2) is 0 Å². The minimum Gasteiger partial charge on any atom is -0.462 e. The number of carbonyl (C=O) groups is 1. The Morgan fingerprint density at radius 1 is 1.23 bits per heavy atom. The van der Waals surface area contributed by atoms with Gasteiger partial charge in [0.05, 0.1) is 5.92 Å². The van der Waals surface area contributed by atoms with Crippen LogP contribution in [0.25, 0.3) is 0 Å². The number of hydrogen-bond donors (Lipinski definition) is 0. The Labute approximate surface area is 81.7 Å². The molecule has 0 fully saturated rings. The van der Waals surface area contributed by atoms with Gasteiger partial charge in [0.2, 0.25) is 0 Å². The molecule has 0 aliphatic carbocycles. The van der Waals surface area contributed by atoms with Gasteiger partial charge in [-0.15, -0.1) is 0 Å². The molecule has 0 aromatic heterocycles. The van der Waals surface area contributed by atoms with Crippen molar-refractivity contribution in [3.05, 3.63) is 0 Å². The normalized spacial score (nSPS) is 13.0. The Morgan fingerprint density at radius 3 is 2.15 bits per heavy atom. The lowest BCUT2D eigenvalue weighted by Gasteiger charge is -2.17. The summed E-state index contributed by atoms with van der Waals surface area (Å²) in [6.45, 7) is 8.12. The fourth-order valence-corrected chi connectivity index (χ4v) is 1.29. The van der Waals surface area contributed by atoms with E-state index in [0.717, 1.165) is 25.7 Å². The Balaban J connectivity index is 3.83. The molecule has 0 bridgehead atoms. The minimum absolute atomic E-state index is 0.0319. The average molecular weight is 186 g/mol. The van der Waals surface area contributed by atoms with E-state index in [1.165, 1.54) is 0 Å². The molecule has 0 saturated carbocycles. The van der Waals surface area contributed by atoms with Crippen molar-refractivity contribution in [1.29, 1.82) is 0 Å². The van der Waals surface area contributed by atoms with Crippen LogP contribution in [0.3, 0.4) is 0 Å². The van der Waals surface area contributed by atoms with Gasteiger partial charge in [-0.1, -0.05) is 34.1 Å². The van der Waals surface area contributed by atoms with E-state index in [1.54, 1.807) is 0 Å². The van der Waals surface area contributed by atoms with Crippen LogP contribution in [0.4, 0.5) is 0 Å². The molecule has 1 atom stereocenters. The van der Waals surface area contributed by atoms with E-state index < -0.39 is 0 Å². The fraction of sp³-hybridized carbons (Fsp3) is 0.909. The summed E-state index contributed by atoms with van der Waals surface area (Å²) in [5, 5.41) is 0. The third-order valence-corrected chi connectivity index (χ3v) is 2.32. The van der Waals surface area contributed by atoms with E-state index in [1.807, 2.05) is 20.8 Å². The molecule has 0 aliphatic rings. The summed E-state index contributed by atoms with van der Waals surface area (Å²) in [7, 11) is 0. The summed E-state index contributed by atoms with van der Waals surface area (Å²) in [6.07, 6.45) is 3.92. The van der Waals surface area contributed by atoms with Crippen LogP contribution in [0.2, 0.25) is 0 Å². The van der Waals surface area contributed by atoms with Gasteiger partial charge in [0.25, 0.3) is 0 Å². The van der Waals surface area contributed by atoms with Gasteiger partial charge in [-0.3, -0.25) is 4.79 Å². The van der Waals surface area contributed by atoms with Crippen molar-refractivity contribution in [2.24, 2.45) is 5.92 Å². The lowest BCUT2D eigenvalue weighted by atomic mass is 10.1. The van der Waals surface area contributed by atoms with Crippen molar-refractivity contribution in [2.45, 2.75) is 59.5 Å². The maximum absolute atomic E-state index is 11.4. The highest BCUT2D eigenvalue weighted by atomic mass is 16.5. The third-order valence-electron chi connectivity index (χ3n) is 2.32. The first-order valence-electron chi connectivity index (χ1n) is 5.36. The minimum atomic E-state index is -0.0319. The van der Waals surface area contributed by atoms with Gasteiger partial charge >= 0.3 is 5.97 Å². The first-order chi connectivity index (χ1) is 6.15. The molecule has 0 aromatic carbocycles. The Hall–Kier alpha value is -0.530. The standard InChI is InChI=1S/C11H22O2/c1-5-8-9(4)11(12)13-10(6-2)7-3/h9-10H,5-8H2,1-4H3/t9-/m0/s1. The van der Waals surface area contributed by atoms with Crippen molar-refractivity contribution in [1.82, 2.24) is 0 Å². The lowest BCUT2D eigenvalue weighted by Crippen LogP contribution is -2.21. The quantitative estimate of drug-likeness (QED) is 0.596. The van der Waals surface area contributed by atoms with E-state index in [-0.39, 0.29) is 18.0 Å². The molecule has 0 aliphatic heterocycles. The first kappa shape index (κ1) is 12.5. The molecule has 13 heavy (non-hydrogen) atoms. The van der Waals surface area contributed by atoms with Crippen molar-refractivity contribution >= 4 is 5.97 Å². The number of hydrogen-bond acceptors (Lipinski definition) is 2. The summed E-state index contributed by atoms with van der Waals surface area (Å²) < 4.78 is 5.32. The molecular weight excluding hydrogens is 164 g/mol. The molecule has 0 aromatic rings. The summed E-state index contributed by atoms with van der Waals surface area (Å²) >= 11 is 0. The van der Waals surface area contributed by atoms with Crippen LogP contribution in [0, 0.1) is 5.92 Å². The van der Waals surface area contributed by atoms with Crippen LogP contribution in [-0.4, -0.2) is 12.1 Å². The smallest absolute Gasteiger partial charge is 0.308 e. The zero-order valence-corrected chi connectivity index (χ0v) is 9.30. The molecule has 78 valence electrons. The third kappa shape index (κ3) is 4.91. The molecule has 0 rings (SSSR count). The van der Waals surface area contributed by atoms with E-state index in [2.05, 4.69) is 6.92 Å². The maximum Gasteiger partial charge on any atom is 0.308 e. The second-order valence-corrected chi connectivity index (χ2v) is 3.57. The molecule has 0 N–H and O–H groups in total. The predicted octanol–water partition coefficient (Wildman–Crippen LogP) is 3.15. The van der Waals surface area contributed by atoms with Gasteiger partial charge in [0.15, 0.2) is 0 Å². The summed E-state index contributed by atoms with van der Waals surface area (Å²) in [5.74, 6) is 0.0288. The summed E-state index contributed by atoms with van der Waals surface area (Å²) in [6, 6.07) is 0. The highest BCUT2D eigenvalue weighted by Gasteiger charge is 2.16. The van der Waals surface area contributed by atoms with Gasteiger partial charge < -0.3 is 4.74 Å². The Bertz CT molecular complexity index is 139. The summed E-state index contributed by atoms with van der Waals surface area (Å²) in [5.41, 5.74) is 0. The van der Waals surface area contributed by atoms with Gasteiger partial charge in [-0.2, -0.15) is 0 Å².